The smallest absolute Gasteiger partial charge is 0.252 e. The lowest BCUT2D eigenvalue weighted by molar-refractivity contribution is 0.156. The number of fused-ring (bicyclic) bond motifs is 1. The van der Waals surface area contributed by atoms with Crippen LogP contribution in [-0.2, 0) is 13.6 Å². The number of aromatic nitrogens is 2. The standard InChI is InChI=1S/C23H22ClF2N5O/c1-13-11-31(14(2)10-30(13)12-16-17(25)5-6-18(26)22(16)24)20-8-21(32)29(3)19-7-4-15(9-27)28-23(19)20/h4-8,13-14H,10-12H2,1-3H3/t13?,14-/m0/s1. The first-order chi connectivity index (χ1) is 15.2. The maximum absolute atomic E-state index is 14.3. The summed E-state index contributed by atoms with van der Waals surface area (Å²) in [5, 5.41) is 9.09. The highest BCUT2D eigenvalue weighted by Gasteiger charge is 2.32. The van der Waals surface area contributed by atoms with E-state index in [1.54, 1.807) is 25.2 Å². The van der Waals surface area contributed by atoms with Crippen molar-refractivity contribution in [3.8, 4) is 6.07 Å². The van der Waals surface area contributed by atoms with Crippen molar-refractivity contribution >= 4 is 28.3 Å². The molecule has 0 amide bonds. The SMILES string of the molecule is CC1CN(c2cc(=O)n(C)c3ccc(C#N)nc23)[C@@H](C)CN1Cc1c(F)ccc(F)c1Cl. The minimum Gasteiger partial charge on any atom is -0.364 e. The molecule has 0 spiro atoms. The second-order valence-electron chi connectivity index (χ2n) is 8.20. The van der Waals surface area contributed by atoms with Gasteiger partial charge in [-0.2, -0.15) is 5.26 Å². The average Bonchev–Trinajstić information content (AvgIpc) is 2.78. The molecule has 4 rings (SSSR count). The van der Waals surface area contributed by atoms with Crippen molar-refractivity contribution in [1.29, 1.82) is 5.26 Å². The molecule has 6 nitrogen and oxygen atoms in total. The molecule has 1 fully saturated rings. The van der Waals surface area contributed by atoms with Crippen LogP contribution in [0.4, 0.5) is 14.5 Å². The second-order valence-corrected chi connectivity index (χ2v) is 8.58. The number of aryl methyl sites for hydroxylation is 1. The normalized spacial score (nSPS) is 19.3. The molecule has 0 saturated carbocycles. The molecule has 1 aromatic carbocycles. The van der Waals surface area contributed by atoms with Crippen LogP contribution in [-0.4, -0.2) is 39.6 Å². The number of hydrogen-bond acceptors (Lipinski definition) is 5. The topological polar surface area (TPSA) is 65.2 Å². The molecule has 166 valence electrons. The molecule has 1 aliphatic heterocycles. The number of hydrogen-bond donors (Lipinski definition) is 0. The Labute approximate surface area is 189 Å². The van der Waals surface area contributed by atoms with Crippen molar-refractivity contribution in [2.24, 2.45) is 7.05 Å². The summed E-state index contributed by atoms with van der Waals surface area (Å²) >= 11 is 6.03. The van der Waals surface area contributed by atoms with Gasteiger partial charge in [-0.1, -0.05) is 11.6 Å². The van der Waals surface area contributed by atoms with Gasteiger partial charge in [0.15, 0.2) is 0 Å². The van der Waals surface area contributed by atoms with E-state index in [1.165, 1.54) is 4.57 Å². The predicted octanol–water partition coefficient (Wildman–Crippen LogP) is 3.84. The highest BCUT2D eigenvalue weighted by Crippen LogP contribution is 2.31. The van der Waals surface area contributed by atoms with Crippen molar-refractivity contribution in [2.45, 2.75) is 32.5 Å². The molecular weight excluding hydrogens is 436 g/mol. The van der Waals surface area contributed by atoms with Crippen molar-refractivity contribution < 1.29 is 8.78 Å². The molecule has 2 atom stereocenters. The van der Waals surface area contributed by atoms with Crippen molar-refractivity contribution in [1.82, 2.24) is 14.5 Å². The summed E-state index contributed by atoms with van der Waals surface area (Å²) < 4.78 is 29.7. The van der Waals surface area contributed by atoms with Crippen LogP contribution in [0.15, 0.2) is 35.1 Å². The Morgan fingerprint density at radius 3 is 2.59 bits per heavy atom. The summed E-state index contributed by atoms with van der Waals surface area (Å²) in [5.74, 6) is -1.18. The minimum atomic E-state index is -0.645. The number of benzene rings is 1. The first-order valence-corrected chi connectivity index (χ1v) is 10.6. The van der Waals surface area contributed by atoms with Gasteiger partial charge < -0.3 is 9.47 Å². The van der Waals surface area contributed by atoms with E-state index in [2.05, 4.69) is 9.88 Å². The molecule has 0 bridgehead atoms. The van der Waals surface area contributed by atoms with Crippen LogP contribution in [0.5, 0.6) is 0 Å². The van der Waals surface area contributed by atoms with Crippen molar-refractivity contribution in [3.63, 3.8) is 0 Å². The van der Waals surface area contributed by atoms with E-state index in [4.69, 9.17) is 11.6 Å². The van der Waals surface area contributed by atoms with Crippen LogP contribution in [0.25, 0.3) is 11.0 Å². The zero-order valence-electron chi connectivity index (χ0n) is 17.9. The average molecular weight is 458 g/mol. The molecule has 1 unspecified atom stereocenters. The quantitative estimate of drug-likeness (QED) is 0.559. The summed E-state index contributed by atoms with van der Waals surface area (Å²) in [6.45, 7) is 5.25. The molecule has 0 radical (unpaired) electrons. The van der Waals surface area contributed by atoms with Crippen molar-refractivity contribution in [3.05, 3.63) is 68.6 Å². The summed E-state index contributed by atoms with van der Waals surface area (Å²) in [4.78, 5) is 21.2. The number of pyridine rings is 2. The molecule has 0 aliphatic carbocycles. The van der Waals surface area contributed by atoms with Crippen LogP contribution in [0.3, 0.4) is 0 Å². The van der Waals surface area contributed by atoms with Crippen LogP contribution >= 0.6 is 11.6 Å². The third-order valence-corrected chi connectivity index (χ3v) is 6.52. The Morgan fingerprint density at radius 2 is 1.88 bits per heavy atom. The largest absolute Gasteiger partial charge is 0.364 e. The highest BCUT2D eigenvalue weighted by molar-refractivity contribution is 6.31. The molecule has 3 heterocycles. The van der Waals surface area contributed by atoms with E-state index in [0.29, 0.717) is 29.8 Å². The summed E-state index contributed by atoms with van der Waals surface area (Å²) in [5.41, 5.74) is 2.12. The van der Waals surface area contributed by atoms with E-state index in [0.717, 1.165) is 12.1 Å². The Bertz CT molecular complexity index is 1300. The zero-order chi connectivity index (χ0) is 23.2. The van der Waals surface area contributed by atoms with Gasteiger partial charge in [-0.15, -0.1) is 0 Å². The van der Waals surface area contributed by atoms with Gasteiger partial charge in [0, 0.05) is 50.4 Å². The van der Waals surface area contributed by atoms with E-state index in [1.807, 2.05) is 24.8 Å². The Hall–Kier alpha value is -3.02. The maximum atomic E-state index is 14.3. The molecule has 1 saturated heterocycles. The van der Waals surface area contributed by atoms with Crippen LogP contribution in [0.2, 0.25) is 5.02 Å². The van der Waals surface area contributed by atoms with Crippen LogP contribution < -0.4 is 10.5 Å². The number of nitrogens with zero attached hydrogens (tertiary/aromatic N) is 5. The molecule has 2 aromatic heterocycles. The minimum absolute atomic E-state index is 0.0387. The summed E-state index contributed by atoms with van der Waals surface area (Å²) in [6.07, 6.45) is 0. The summed E-state index contributed by atoms with van der Waals surface area (Å²) in [6, 6.07) is 8.93. The molecule has 9 heteroatoms. The first-order valence-electron chi connectivity index (χ1n) is 10.2. The third-order valence-electron chi connectivity index (χ3n) is 6.11. The molecule has 3 aromatic rings. The molecular formula is C23H22ClF2N5O. The monoisotopic (exact) mass is 457 g/mol. The maximum Gasteiger partial charge on any atom is 0.252 e. The third kappa shape index (κ3) is 3.83. The zero-order valence-corrected chi connectivity index (χ0v) is 18.7. The van der Waals surface area contributed by atoms with Crippen molar-refractivity contribution in [2.75, 3.05) is 18.0 Å². The number of nitriles is 1. The van der Waals surface area contributed by atoms with Gasteiger partial charge in [0.05, 0.1) is 16.2 Å². The van der Waals surface area contributed by atoms with E-state index in [9.17, 15) is 18.8 Å². The Balaban J connectivity index is 1.69. The fourth-order valence-corrected chi connectivity index (χ4v) is 4.48. The fraction of sp³-hybridized carbons (Fsp3) is 0.348. The predicted molar refractivity (Wildman–Crippen MR) is 120 cm³/mol. The van der Waals surface area contributed by atoms with Gasteiger partial charge in [0.1, 0.15) is 28.9 Å². The number of halogens is 3. The van der Waals surface area contributed by atoms with Gasteiger partial charge in [0.2, 0.25) is 0 Å². The lowest BCUT2D eigenvalue weighted by Gasteiger charge is -2.45. The lowest BCUT2D eigenvalue weighted by Crippen LogP contribution is -2.56. The number of anilines is 1. The van der Waals surface area contributed by atoms with Crippen LogP contribution in [0.1, 0.15) is 25.1 Å². The lowest BCUT2D eigenvalue weighted by atomic mass is 10.0. The first kappa shape index (κ1) is 22.2. The Kier molecular flexibility index (Phi) is 5.89. The number of piperazine rings is 1. The fourth-order valence-electron chi connectivity index (χ4n) is 4.26. The van der Waals surface area contributed by atoms with E-state index in [-0.39, 0.29) is 40.5 Å². The Morgan fingerprint density at radius 1 is 1.16 bits per heavy atom. The molecule has 32 heavy (non-hydrogen) atoms. The molecule has 0 N–H and O–H groups in total. The molecule has 1 aliphatic rings. The van der Waals surface area contributed by atoms with Gasteiger partial charge >= 0.3 is 0 Å². The van der Waals surface area contributed by atoms with Crippen LogP contribution in [0, 0.1) is 23.0 Å². The second kappa shape index (κ2) is 8.49. The summed E-state index contributed by atoms with van der Waals surface area (Å²) in [7, 11) is 1.67. The highest BCUT2D eigenvalue weighted by atomic mass is 35.5. The van der Waals surface area contributed by atoms with Gasteiger partial charge in [-0.3, -0.25) is 9.69 Å². The van der Waals surface area contributed by atoms with E-state index >= 15 is 0 Å². The number of rotatable bonds is 3. The van der Waals surface area contributed by atoms with E-state index < -0.39 is 11.6 Å². The van der Waals surface area contributed by atoms with Gasteiger partial charge in [0.25, 0.3) is 5.56 Å². The van der Waals surface area contributed by atoms with Gasteiger partial charge in [-0.05, 0) is 38.1 Å². The van der Waals surface area contributed by atoms with Gasteiger partial charge in [-0.25, -0.2) is 13.8 Å².